The first-order valence-electron chi connectivity index (χ1n) is 15.4. The molecule has 1 aliphatic rings. The van der Waals surface area contributed by atoms with Crippen LogP contribution in [-0.4, -0.2) is 84.5 Å². The van der Waals surface area contributed by atoms with E-state index in [0.29, 0.717) is 53.3 Å². The second-order valence-electron chi connectivity index (χ2n) is 12.2. The van der Waals surface area contributed by atoms with Crippen LogP contribution in [-0.2, 0) is 11.3 Å². The van der Waals surface area contributed by atoms with Crippen molar-refractivity contribution in [3.63, 3.8) is 0 Å². The molecule has 2 aromatic rings. The highest BCUT2D eigenvalue weighted by atomic mass is 35.5. The van der Waals surface area contributed by atoms with E-state index in [1.807, 2.05) is 46.9 Å². The van der Waals surface area contributed by atoms with Crippen molar-refractivity contribution in [2.45, 2.75) is 84.7 Å². The summed E-state index contributed by atoms with van der Waals surface area (Å²) < 4.78 is 12.7. The summed E-state index contributed by atoms with van der Waals surface area (Å²) in [6.45, 7) is 11.7. The minimum absolute atomic E-state index is 0.0429. The zero-order valence-corrected chi connectivity index (χ0v) is 28.3. The van der Waals surface area contributed by atoms with Crippen LogP contribution in [0.2, 0.25) is 10.0 Å². The van der Waals surface area contributed by atoms with Gasteiger partial charge < -0.3 is 30.1 Å². The minimum Gasteiger partial charge on any atom is -0.490 e. The Hall–Kier alpha value is -2.56. The predicted octanol–water partition coefficient (Wildman–Crippen LogP) is 6.45. The van der Waals surface area contributed by atoms with Crippen LogP contribution < -0.4 is 15.4 Å². The number of hydrogen-bond acceptors (Lipinski definition) is 6. The molecule has 0 bridgehead atoms. The van der Waals surface area contributed by atoms with Gasteiger partial charge in [-0.15, -0.1) is 0 Å². The summed E-state index contributed by atoms with van der Waals surface area (Å²) in [7, 11) is 2.03. The molecule has 4 atom stereocenters. The Labute approximate surface area is 272 Å². The average Bonchev–Trinajstić information content (AvgIpc) is 2.96. The van der Waals surface area contributed by atoms with E-state index in [-0.39, 0.29) is 42.7 Å². The van der Waals surface area contributed by atoms with Crippen LogP contribution in [0.1, 0.15) is 69.8 Å². The number of carbonyl (C=O) groups is 2. The van der Waals surface area contributed by atoms with E-state index in [1.54, 1.807) is 29.2 Å². The smallest absolute Gasteiger partial charge is 0.319 e. The first-order valence-corrected chi connectivity index (χ1v) is 16.2. The van der Waals surface area contributed by atoms with Gasteiger partial charge in [-0.2, -0.15) is 0 Å². The number of amides is 3. The molecule has 0 saturated carbocycles. The van der Waals surface area contributed by atoms with E-state index in [4.69, 9.17) is 32.7 Å². The molecule has 11 heteroatoms. The SMILES string of the molecule is CC(C)NC(=O)Nc1ccc2c(c1)C(=O)N([C@@H](C)CO)C[C@H](C)[C@@H](CN(C)Cc1ccc(Cl)c(Cl)c1)OCCCC[C@H](C)O2. The maximum atomic E-state index is 14.2. The van der Waals surface area contributed by atoms with Crippen LogP contribution in [0.15, 0.2) is 36.4 Å². The quantitative estimate of drug-likeness (QED) is 0.303. The van der Waals surface area contributed by atoms with Crippen molar-refractivity contribution in [2.24, 2.45) is 5.92 Å². The average molecular weight is 652 g/mol. The van der Waals surface area contributed by atoms with E-state index in [9.17, 15) is 14.7 Å². The zero-order valence-electron chi connectivity index (χ0n) is 26.7. The summed E-state index contributed by atoms with van der Waals surface area (Å²) in [4.78, 5) is 30.5. The van der Waals surface area contributed by atoms with Crippen molar-refractivity contribution in [1.29, 1.82) is 0 Å². The number of hydrogen-bond donors (Lipinski definition) is 3. The van der Waals surface area contributed by atoms with E-state index < -0.39 is 6.04 Å². The molecule has 44 heavy (non-hydrogen) atoms. The molecule has 244 valence electrons. The van der Waals surface area contributed by atoms with Crippen molar-refractivity contribution in [1.82, 2.24) is 15.1 Å². The molecule has 0 unspecified atom stereocenters. The fourth-order valence-corrected chi connectivity index (χ4v) is 5.53. The third-order valence-corrected chi connectivity index (χ3v) is 8.40. The summed E-state index contributed by atoms with van der Waals surface area (Å²) in [6, 6.07) is 9.89. The third-order valence-electron chi connectivity index (χ3n) is 7.66. The first-order chi connectivity index (χ1) is 20.9. The van der Waals surface area contributed by atoms with Crippen LogP contribution in [0.5, 0.6) is 5.75 Å². The maximum Gasteiger partial charge on any atom is 0.319 e. The number of urea groups is 1. The Kier molecular flexibility index (Phi) is 14.1. The lowest BCUT2D eigenvalue weighted by Gasteiger charge is -2.36. The number of ether oxygens (including phenoxy) is 2. The molecule has 3 rings (SSSR count). The van der Waals surface area contributed by atoms with Crippen LogP contribution in [0.25, 0.3) is 0 Å². The van der Waals surface area contributed by atoms with Gasteiger partial charge >= 0.3 is 6.03 Å². The highest BCUT2D eigenvalue weighted by molar-refractivity contribution is 6.42. The van der Waals surface area contributed by atoms with Gasteiger partial charge in [-0.3, -0.25) is 9.69 Å². The molecule has 2 aromatic carbocycles. The molecular formula is C33H48Cl2N4O5. The van der Waals surface area contributed by atoms with Crippen molar-refractivity contribution in [3.05, 3.63) is 57.6 Å². The predicted molar refractivity (Wildman–Crippen MR) is 177 cm³/mol. The van der Waals surface area contributed by atoms with Gasteiger partial charge in [-0.25, -0.2) is 4.79 Å². The molecule has 9 nitrogen and oxygen atoms in total. The largest absolute Gasteiger partial charge is 0.490 e. The second-order valence-corrected chi connectivity index (χ2v) is 13.0. The van der Waals surface area contributed by atoms with Crippen molar-refractivity contribution >= 4 is 40.8 Å². The first kappa shape index (κ1) is 35.9. The molecule has 0 spiro atoms. The number of aliphatic hydroxyl groups is 1. The Morgan fingerprint density at radius 1 is 1.11 bits per heavy atom. The number of carbonyl (C=O) groups excluding carboxylic acids is 2. The number of rotatable bonds is 8. The van der Waals surface area contributed by atoms with Gasteiger partial charge in [0.05, 0.1) is 40.5 Å². The van der Waals surface area contributed by atoms with Crippen molar-refractivity contribution in [2.75, 3.05) is 38.7 Å². The third kappa shape index (κ3) is 10.8. The molecule has 1 aliphatic heterocycles. The highest BCUT2D eigenvalue weighted by Crippen LogP contribution is 2.29. The molecule has 3 amide bonds. The van der Waals surface area contributed by atoms with Gasteiger partial charge in [-0.1, -0.05) is 36.2 Å². The number of halogens is 2. The summed E-state index contributed by atoms with van der Waals surface area (Å²) >= 11 is 12.4. The Balaban J connectivity index is 1.90. The maximum absolute atomic E-state index is 14.2. The Morgan fingerprint density at radius 3 is 2.55 bits per heavy atom. The van der Waals surface area contributed by atoms with Gasteiger partial charge in [0.2, 0.25) is 0 Å². The monoisotopic (exact) mass is 650 g/mol. The number of fused-ring (bicyclic) bond motifs is 1. The normalized spacial score (nSPS) is 20.9. The summed E-state index contributed by atoms with van der Waals surface area (Å²) in [6.07, 6.45) is 2.27. The molecule has 0 radical (unpaired) electrons. The van der Waals surface area contributed by atoms with Crippen LogP contribution in [0.4, 0.5) is 10.5 Å². The zero-order chi connectivity index (χ0) is 32.4. The minimum atomic E-state index is -0.460. The number of aliphatic hydroxyl groups excluding tert-OH is 1. The molecule has 0 aliphatic carbocycles. The van der Waals surface area contributed by atoms with Crippen LogP contribution in [0, 0.1) is 5.92 Å². The van der Waals surface area contributed by atoms with Crippen molar-refractivity contribution in [3.8, 4) is 5.75 Å². The fraction of sp³-hybridized carbons (Fsp3) is 0.576. The topological polar surface area (TPSA) is 103 Å². The molecule has 0 fully saturated rings. The molecule has 1 heterocycles. The van der Waals surface area contributed by atoms with E-state index in [0.717, 1.165) is 24.8 Å². The van der Waals surface area contributed by atoms with Crippen LogP contribution >= 0.6 is 23.2 Å². The van der Waals surface area contributed by atoms with Gasteiger partial charge in [0.25, 0.3) is 5.91 Å². The molecule has 0 aromatic heterocycles. The lowest BCUT2D eigenvalue weighted by Crippen LogP contribution is -2.47. The summed E-state index contributed by atoms with van der Waals surface area (Å²) in [5.74, 6) is 0.105. The molecular weight excluding hydrogens is 603 g/mol. The van der Waals surface area contributed by atoms with Gasteiger partial charge in [0.1, 0.15) is 5.75 Å². The number of nitrogens with zero attached hydrogens (tertiary/aromatic N) is 2. The lowest BCUT2D eigenvalue weighted by molar-refractivity contribution is -0.0177. The van der Waals surface area contributed by atoms with Gasteiger partial charge in [0, 0.05) is 43.9 Å². The standard InChI is InChI=1S/C33H48Cl2N4O5/c1-21(2)36-33(42)37-26-11-13-30-27(16-26)32(41)39(23(4)20-40)17-22(3)31(43-14-8-7-9-24(5)44-30)19-38(6)18-25-10-12-28(34)29(35)15-25/h10-13,15-16,21-24,31,40H,7-9,14,17-20H2,1-6H3,(H2,36,37,42)/t22-,23-,24-,31+/m0/s1. The molecule has 0 saturated heterocycles. The number of likely N-dealkylation sites (N-methyl/N-ethyl adjacent to an activating group) is 1. The van der Waals surface area contributed by atoms with Gasteiger partial charge in [-0.05, 0) is 89.9 Å². The lowest BCUT2D eigenvalue weighted by atomic mass is 10.0. The van der Waals surface area contributed by atoms with Crippen molar-refractivity contribution < 1.29 is 24.2 Å². The highest BCUT2D eigenvalue weighted by Gasteiger charge is 2.30. The van der Waals surface area contributed by atoms with E-state index in [2.05, 4.69) is 22.5 Å². The second kappa shape index (κ2) is 17.2. The van der Waals surface area contributed by atoms with E-state index >= 15 is 0 Å². The van der Waals surface area contributed by atoms with Crippen LogP contribution in [0.3, 0.4) is 0 Å². The number of benzene rings is 2. The Bertz CT molecular complexity index is 1250. The number of anilines is 1. The number of nitrogens with one attached hydrogen (secondary N) is 2. The summed E-state index contributed by atoms with van der Waals surface area (Å²) in [5.41, 5.74) is 1.85. The van der Waals surface area contributed by atoms with E-state index in [1.165, 1.54) is 0 Å². The van der Waals surface area contributed by atoms with Gasteiger partial charge in [0.15, 0.2) is 0 Å². The molecule has 3 N–H and O–H groups in total. The summed E-state index contributed by atoms with van der Waals surface area (Å²) in [5, 5.41) is 16.8. The Morgan fingerprint density at radius 2 is 1.86 bits per heavy atom. The fourth-order valence-electron chi connectivity index (χ4n) is 5.21.